The Morgan fingerprint density at radius 2 is 2.14 bits per heavy atom. The second-order valence-electron chi connectivity index (χ2n) is 4.35. The van der Waals surface area contributed by atoms with E-state index < -0.39 is 5.82 Å². The molecule has 0 amide bonds. The molecule has 1 aromatic carbocycles. The summed E-state index contributed by atoms with van der Waals surface area (Å²) in [5, 5.41) is 16.6. The number of pyridine rings is 1. The summed E-state index contributed by atoms with van der Waals surface area (Å²) in [7, 11) is 0. The van der Waals surface area contributed by atoms with Crippen molar-refractivity contribution in [3.05, 3.63) is 60.6 Å². The van der Waals surface area contributed by atoms with Crippen LogP contribution in [-0.4, -0.2) is 24.9 Å². The van der Waals surface area contributed by atoms with Crippen LogP contribution in [0.25, 0.3) is 5.82 Å². The smallest absolute Gasteiger partial charge is 0.165 e. The Hall–Kier alpha value is -2.96. The molecule has 0 bridgehead atoms. The van der Waals surface area contributed by atoms with Crippen molar-refractivity contribution in [3.8, 4) is 11.6 Å². The van der Waals surface area contributed by atoms with Gasteiger partial charge in [-0.1, -0.05) is 12.1 Å². The first-order valence-electron chi connectivity index (χ1n) is 6.25. The van der Waals surface area contributed by atoms with Gasteiger partial charge in [0.25, 0.3) is 0 Å². The van der Waals surface area contributed by atoms with Crippen molar-refractivity contribution >= 4 is 5.69 Å². The van der Waals surface area contributed by atoms with Crippen LogP contribution in [-0.2, 0) is 6.54 Å². The summed E-state index contributed by atoms with van der Waals surface area (Å²) in [5.74, 6) is -0.321. The standard InChI is InChI=1S/C14H12FN5O/c15-12-3-1-2-10(14(12)21)6-17-11-4-5-13(18-7-11)20-9-16-8-19-20/h1-5,7-9,17,21H,6H2. The normalized spacial score (nSPS) is 10.5. The van der Waals surface area contributed by atoms with Crippen LogP contribution < -0.4 is 5.32 Å². The van der Waals surface area contributed by atoms with Gasteiger partial charge < -0.3 is 10.4 Å². The predicted molar refractivity (Wildman–Crippen MR) is 74.5 cm³/mol. The highest BCUT2D eigenvalue weighted by Crippen LogP contribution is 2.21. The zero-order valence-corrected chi connectivity index (χ0v) is 10.9. The number of nitrogens with one attached hydrogen (secondary N) is 1. The summed E-state index contributed by atoms with van der Waals surface area (Å²) in [6, 6.07) is 8.02. The van der Waals surface area contributed by atoms with Gasteiger partial charge in [0.15, 0.2) is 17.4 Å². The molecule has 0 fully saturated rings. The topological polar surface area (TPSA) is 75.9 Å². The van der Waals surface area contributed by atoms with Gasteiger partial charge in [0, 0.05) is 12.1 Å². The lowest BCUT2D eigenvalue weighted by Crippen LogP contribution is -2.02. The highest BCUT2D eigenvalue weighted by Gasteiger charge is 2.06. The lowest BCUT2D eigenvalue weighted by atomic mass is 10.2. The number of phenols is 1. The first-order valence-corrected chi connectivity index (χ1v) is 6.25. The van der Waals surface area contributed by atoms with E-state index in [0.717, 1.165) is 5.69 Å². The lowest BCUT2D eigenvalue weighted by molar-refractivity contribution is 0.427. The van der Waals surface area contributed by atoms with E-state index in [1.165, 1.54) is 12.4 Å². The maximum Gasteiger partial charge on any atom is 0.165 e. The molecule has 7 heteroatoms. The number of phenolic OH excluding ortho intramolecular Hbond substituents is 1. The lowest BCUT2D eigenvalue weighted by Gasteiger charge is -2.08. The molecule has 0 aliphatic heterocycles. The third-order valence-corrected chi connectivity index (χ3v) is 2.95. The van der Waals surface area contributed by atoms with Gasteiger partial charge in [0.1, 0.15) is 12.7 Å². The van der Waals surface area contributed by atoms with Crippen molar-refractivity contribution in [3.63, 3.8) is 0 Å². The quantitative estimate of drug-likeness (QED) is 0.768. The van der Waals surface area contributed by atoms with Crippen LogP contribution in [0.1, 0.15) is 5.56 Å². The van der Waals surface area contributed by atoms with E-state index in [1.807, 2.05) is 6.07 Å². The second-order valence-corrected chi connectivity index (χ2v) is 4.35. The molecule has 2 aromatic heterocycles. The average Bonchev–Trinajstić information content (AvgIpc) is 3.04. The van der Waals surface area contributed by atoms with Crippen molar-refractivity contribution in [2.24, 2.45) is 0 Å². The number of nitrogens with zero attached hydrogens (tertiary/aromatic N) is 4. The largest absolute Gasteiger partial charge is 0.505 e. The first kappa shape index (κ1) is 13.0. The molecule has 2 N–H and O–H groups in total. The van der Waals surface area contributed by atoms with Gasteiger partial charge in [-0.15, -0.1) is 0 Å². The summed E-state index contributed by atoms with van der Waals surface area (Å²) < 4.78 is 14.8. The number of hydrogen-bond donors (Lipinski definition) is 2. The summed E-state index contributed by atoms with van der Waals surface area (Å²) in [4.78, 5) is 8.08. The van der Waals surface area contributed by atoms with Crippen molar-refractivity contribution in [2.75, 3.05) is 5.32 Å². The van der Waals surface area contributed by atoms with Gasteiger partial charge in [-0.25, -0.2) is 19.0 Å². The van der Waals surface area contributed by atoms with Crippen molar-refractivity contribution in [1.29, 1.82) is 0 Å². The fraction of sp³-hybridized carbons (Fsp3) is 0.0714. The van der Waals surface area contributed by atoms with Gasteiger partial charge in [-0.05, 0) is 18.2 Å². The number of aromatic nitrogens is 4. The van der Waals surface area contributed by atoms with E-state index >= 15 is 0 Å². The van der Waals surface area contributed by atoms with Crippen LogP contribution in [0.15, 0.2) is 49.2 Å². The maximum absolute atomic E-state index is 13.2. The van der Waals surface area contributed by atoms with Gasteiger partial charge in [0.05, 0.1) is 11.9 Å². The third kappa shape index (κ3) is 2.81. The number of anilines is 1. The van der Waals surface area contributed by atoms with Gasteiger partial charge in [0.2, 0.25) is 0 Å². The van der Waals surface area contributed by atoms with Crippen molar-refractivity contribution in [2.45, 2.75) is 6.54 Å². The molecule has 0 aliphatic rings. The molecule has 0 atom stereocenters. The fourth-order valence-electron chi connectivity index (χ4n) is 1.85. The Morgan fingerprint density at radius 1 is 1.24 bits per heavy atom. The van der Waals surface area contributed by atoms with E-state index in [2.05, 4.69) is 20.4 Å². The van der Waals surface area contributed by atoms with Crippen LogP contribution in [0.4, 0.5) is 10.1 Å². The van der Waals surface area contributed by atoms with Gasteiger partial charge in [-0.3, -0.25) is 0 Å². The minimum atomic E-state index is -0.631. The Morgan fingerprint density at radius 3 is 2.86 bits per heavy atom. The number of aromatic hydroxyl groups is 1. The summed E-state index contributed by atoms with van der Waals surface area (Å²) in [6.45, 7) is 0.300. The number of halogens is 1. The third-order valence-electron chi connectivity index (χ3n) is 2.95. The average molecular weight is 285 g/mol. The summed E-state index contributed by atoms with van der Waals surface area (Å²) in [6.07, 6.45) is 4.62. The molecule has 0 spiro atoms. The van der Waals surface area contributed by atoms with E-state index in [0.29, 0.717) is 17.9 Å². The maximum atomic E-state index is 13.2. The molecular weight excluding hydrogens is 273 g/mol. The minimum absolute atomic E-state index is 0.300. The number of benzene rings is 1. The molecule has 6 nitrogen and oxygen atoms in total. The molecule has 0 saturated heterocycles. The summed E-state index contributed by atoms with van der Waals surface area (Å²) in [5.41, 5.74) is 1.23. The molecule has 21 heavy (non-hydrogen) atoms. The number of rotatable bonds is 4. The monoisotopic (exact) mass is 285 g/mol. The Labute approximate surface area is 119 Å². The van der Waals surface area contributed by atoms with Crippen LogP contribution in [0, 0.1) is 5.82 Å². The molecule has 0 aliphatic carbocycles. The van der Waals surface area contributed by atoms with Crippen molar-refractivity contribution < 1.29 is 9.50 Å². The molecule has 2 heterocycles. The van der Waals surface area contributed by atoms with E-state index in [-0.39, 0.29) is 5.75 Å². The van der Waals surface area contributed by atoms with Gasteiger partial charge in [-0.2, -0.15) is 5.10 Å². The van der Waals surface area contributed by atoms with Gasteiger partial charge >= 0.3 is 0 Å². The zero-order valence-electron chi connectivity index (χ0n) is 10.9. The highest BCUT2D eigenvalue weighted by molar-refractivity contribution is 5.45. The molecule has 0 radical (unpaired) electrons. The van der Waals surface area contributed by atoms with Crippen LogP contribution >= 0.6 is 0 Å². The number of hydrogen-bond acceptors (Lipinski definition) is 5. The van der Waals surface area contributed by atoms with Crippen LogP contribution in [0.2, 0.25) is 0 Å². The van der Waals surface area contributed by atoms with E-state index in [4.69, 9.17) is 0 Å². The van der Waals surface area contributed by atoms with E-state index in [1.54, 1.807) is 35.4 Å². The molecule has 0 unspecified atom stereocenters. The fourth-order valence-corrected chi connectivity index (χ4v) is 1.85. The molecule has 0 saturated carbocycles. The summed E-state index contributed by atoms with van der Waals surface area (Å²) >= 11 is 0. The molecular formula is C14H12FN5O. The predicted octanol–water partition coefficient (Wildman–Crippen LogP) is 2.12. The molecule has 106 valence electrons. The Balaban J connectivity index is 1.70. The zero-order chi connectivity index (χ0) is 14.7. The SMILES string of the molecule is Oc1c(F)cccc1CNc1ccc(-n2cncn2)nc1. The first-order chi connectivity index (χ1) is 10.2. The minimum Gasteiger partial charge on any atom is -0.505 e. The molecule has 3 aromatic rings. The van der Waals surface area contributed by atoms with Crippen molar-refractivity contribution in [1.82, 2.24) is 19.7 Å². The number of para-hydroxylation sites is 1. The second kappa shape index (κ2) is 5.58. The Bertz CT molecular complexity index is 728. The molecule has 3 rings (SSSR count). The highest BCUT2D eigenvalue weighted by atomic mass is 19.1. The Kier molecular flexibility index (Phi) is 3.46. The van der Waals surface area contributed by atoms with Crippen LogP contribution in [0.5, 0.6) is 5.75 Å². The van der Waals surface area contributed by atoms with E-state index in [9.17, 15) is 9.50 Å². The van der Waals surface area contributed by atoms with Crippen LogP contribution in [0.3, 0.4) is 0 Å².